The fourth-order valence-electron chi connectivity index (χ4n) is 2.03. The van der Waals surface area contributed by atoms with Gasteiger partial charge in [0.2, 0.25) is 0 Å². The fourth-order valence-corrected chi connectivity index (χ4v) is 2.03. The first-order valence-electron chi connectivity index (χ1n) is 6.26. The second kappa shape index (κ2) is 6.40. The third-order valence-corrected chi connectivity index (χ3v) is 3.05. The predicted octanol–water partition coefficient (Wildman–Crippen LogP) is 2.27. The zero-order valence-corrected chi connectivity index (χ0v) is 11.2. The molecule has 1 heterocycles. The molecule has 0 saturated carbocycles. The van der Waals surface area contributed by atoms with Gasteiger partial charge < -0.3 is 9.30 Å². The molecule has 0 atom stereocenters. The number of aromatic nitrogens is 2. The van der Waals surface area contributed by atoms with E-state index in [-0.39, 0.29) is 5.69 Å². The number of nitrogens with zero attached hydrogens (tertiary/aromatic N) is 4. The molecular formula is C15H14N4O. The van der Waals surface area contributed by atoms with E-state index in [0.29, 0.717) is 12.2 Å². The summed E-state index contributed by atoms with van der Waals surface area (Å²) in [4.78, 5) is 3.92. The van der Waals surface area contributed by atoms with E-state index in [2.05, 4.69) is 4.98 Å². The van der Waals surface area contributed by atoms with Crippen molar-refractivity contribution in [2.45, 2.75) is 19.4 Å². The molecule has 2 rings (SSSR count). The van der Waals surface area contributed by atoms with Crippen LogP contribution in [-0.4, -0.2) is 16.7 Å². The molecule has 0 aliphatic rings. The molecular weight excluding hydrogens is 252 g/mol. The van der Waals surface area contributed by atoms with Crippen LogP contribution in [0.1, 0.15) is 23.4 Å². The summed E-state index contributed by atoms with van der Waals surface area (Å²) in [6.45, 7) is 0.661. The molecule has 5 nitrogen and oxygen atoms in total. The van der Waals surface area contributed by atoms with E-state index in [9.17, 15) is 0 Å². The maximum absolute atomic E-state index is 9.03. The van der Waals surface area contributed by atoms with Crippen molar-refractivity contribution in [1.29, 1.82) is 10.5 Å². The molecule has 0 saturated heterocycles. The first-order chi connectivity index (χ1) is 9.78. The molecule has 0 fully saturated rings. The number of nitriles is 2. The normalized spacial score (nSPS) is 9.75. The van der Waals surface area contributed by atoms with Crippen LogP contribution in [0.15, 0.2) is 30.6 Å². The average Bonchev–Trinajstić information content (AvgIpc) is 2.89. The minimum absolute atomic E-state index is 0.189. The predicted molar refractivity (Wildman–Crippen MR) is 73.0 cm³/mol. The lowest BCUT2D eigenvalue weighted by Crippen LogP contribution is -2.01. The van der Waals surface area contributed by atoms with Gasteiger partial charge in [-0.05, 0) is 30.5 Å². The molecule has 0 radical (unpaired) electrons. The minimum atomic E-state index is 0.189. The molecule has 0 amide bonds. The van der Waals surface area contributed by atoms with Crippen LogP contribution in [-0.2, 0) is 13.0 Å². The summed E-state index contributed by atoms with van der Waals surface area (Å²) >= 11 is 0. The number of hydrogen-bond acceptors (Lipinski definition) is 4. The summed E-state index contributed by atoms with van der Waals surface area (Å²) in [7, 11) is 1.65. The third kappa shape index (κ3) is 2.96. The van der Waals surface area contributed by atoms with Crippen LogP contribution < -0.4 is 4.74 Å². The van der Waals surface area contributed by atoms with Gasteiger partial charge in [0.1, 0.15) is 17.9 Å². The van der Waals surface area contributed by atoms with Crippen molar-refractivity contribution in [2.75, 3.05) is 7.11 Å². The highest BCUT2D eigenvalue weighted by Crippen LogP contribution is 2.14. The Bertz CT molecular complexity index is 676. The highest BCUT2D eigenvalue weighted by atomic mass is 16.5. The summed E-state index contributed by atoms with van der Waals surface area (Å²) in [6.07, 6.45) is 3.29. The second-order valence-corrected chi connectivity index (χ2v) is 4.31. The van der Waals surface area contributed by atoms with E-state index in [1.54, 1.807) is 18.0 Å². The summed E-state index contributed by atoms with van der Waals surface area (Å²) < 4.78 is 6.90. The van der Waals surface area contributed by atoms with Crippen LogP contribution >= 0.6 is 0 Å². The smallest absolute Gasteiger partial charge is 0.176 e. The van der Waals surface area contributed by atoms with Gasteiger partial charge in [-0.25, -0.2) is 4.98 Å². The topological polar surface area (TPSA) is 74.6 Å². The molecule has 5 heteroatoms. The van der Waals surface area contributed by atoms with Crippen molar-refractivity contribution in [3.63, 3.8) is 0 Å². The molecule has 2 aromatic rings. The molecule has 0 aliphatic carbocycles. The van der Waals surface area contributed by atoms with Crippen LogP contribution in [0.4, 0.5) is 0 Å². The SMILES string of the molecule is COc1cccc(CCCn2cnc(C#N)c2C#N)c1. The molecule has 0 unspecified atom stereocenters. The molecule has 0 N–H and O–H groups in total. The van der Waals surface area contributed by atoms with Crippen LogP contribution in [0.3, 0.4) is 0 Å². The summed E-state index contributed by atoms with van der Waals surface area (Å²) in [5, 5.41) is 17.9. The Hall–Kier alpha value is -2.79. The maximum Gasteiger partial charge on any atom is 0.176 e. The minimum Gasteiger partial charge on any atom is -0.497 e. The molecule has 20 heavy (non-hydrogen) atoms. The Morgan fingerprint density at radius 1 is 1.30 bits per heavy atom. The molecule has 0 aliphatic heterocycles. The first kappa shape index (κ1) is 13.6. The van der Waals surface area contributed by atoms with Crippen molar-refractivity contribution in [1.82, 2.24) is 9.55 Å². The third-order valence-electron chi connectivity index (χ3n) is 3.05. The van der Waals surface area contributed by atoms with Gasteiger partial charge in [0, 0.05) is 6.54 Å². The quantitative estimate of drug-likeness (QED) is 0.832. The van der Waals surface area contributed by atoms with Gasteiger partial charge in [-0.15, -0.1) is 0 Å². The Morgan fingerprint density at radius 3 is 2.85 bits per heavy atom. The van der Waals surface area contributed by atoms with E-state index in [1.165, 1.54) is 5.56 Å². The number of methoxy groups -OCH3 is 1. The van der Waals surface area contributed by atoms with Crippen LogP contribution in [0.5, 0.6) is 5.75 Å². The van der Waals surface area contributed by atoms with Crippen molar-refractivity contribution in [3.8, 4) is 17.9 Å². The van der Waals surface area contributed by atoms with Crippen LogP contribution in [0, 0.1) is 22.7 Å². The number of aryl methyl sites for hydroxylation is 2. The number of imidazole rings is 1. The highest BCUT2D eigenvalue weighted by Gasteiger charge is 2.09. The van der Waals surface area contributed by atoms with Crippen molar-refractivity contribution in [2.24, 2.45) is 0 Å². The zero-order chi connectivity index (χ0) is 14.4. The molecule has 1 aromatic heterocycles. The lowest BCUT2D eigenvalue weighted by molar-refractivity contribution is 0.414. The second-order valence-electron chi connectivity index (χ2n) is 4.31. The first-order valence-corrected chi connectivity index (χ1v) is 6.26. The Labute approximate surface area is 117 Å². The molecule has 100 valence electrons. The molecule has 0 spiro atoms. The number of rotatable bonds is 5. The summed E-state index contributed by atoms with van der Waals surface area (Å²) in [5.74, 6) is 0.842. The van der Waals surface area contributed by atoms with Crippen LogP contribution in [0.2, 0.25) is 0 Å². The summed E-state index contributed by atoms with van der Waals surface area (Å²) in [6, 6.07) is 11.9. The van der Waals surface area contributed by atoms with E-state index in [0.717, 1.165) is 18.6 Å². The van der Waals surface area contributed by atoms with E-state index in [1.807, 2.05) is 36.4 Å². The van der Waals surface area contributed by atoms with Gasteiger partial charge >= 0.3 is 0 Å². The van der Waals surface area contributed by atoms with Gasteiger partial charge in [0.15, 0.2) is 11.4 Å². The number of ether oxygens (including phenoxy) is 1. The van der Waals surface area contributed by atoms with E-state index in [4.69, 9.17) is 15.3 Å². The fraction of sp³-hybridized carbons (Fsp3) is 0.267. The largest absolute Gasteiger partial charge is 0.497 e. The standard InChI is InChI=1S/C15H14N4O/c1-20-13-6-2-4-12(8-13)5-3-7-19-11-18-14(9-16)15(19)10-17/h2,4,6,8,11H,3,5,7H2,1H3. The summed E-state index contributed by atoms with van der Waals surface area (Å²) in [5.41, 5.74) is 1.70. The average molecular weight is 266 g/mol. The van der Waals surface area contributed by atoms with Gasteiger partial charge in [-0.1, -0.05) is 12.1 Å². The van der Waals surface area contributed by atoms with Gasteiger partial charge in [0.25, 0.3) is 0 Å². The van der Waals surface area contributed by atoms with Crippen molar-refractivity contribution in [3.05, 3.63) is 47.5 Å². The zero-order valence-electron chi connectivity index (χ0n) is 11.2. The Morgan fingerprint density at radius 2 is 2.15 bits per heavy atom. The number of hydrogen-bond donors (Lipinski definition) is 0. The van der Waals surface area contributed by atoms with E-state index < -0.39 is 0 Å². The van der Waals surface area contributed by atoms with Crippen LogP contribution in [0.25, 0.3) is 0 Å². The van der Waals surface area contributed by atoms with Gasteiger partial charge in [-0.2, -0.15) is 10.5 Å². The Balaban J connectivity index is 1.98. The van der Waals surface area contributed by atoms with Crippen molar-refractivity contribution < 1.29 is 4.74 Å². The van der Waals surface area contributed by atoms with Gasteiger partial charge in [0.05, 0.1) is 13.4 Å². The number of benzene rings is 1. The molecule has 1 aromatic carbocycles. The van der Waals surface area contributed by atoms with Crippen molar-refractivity contribution >= 4 is 0 Å². The van der Waals surface area contributed by atoms with E-state index >= 15 is 0 Å². The highest BCUT2D eigenvalue weighted by molar-refractivity contribution is 5.36. The maximum atomic E-state index is 9.03. The monoisotopic (exact) mass is 266 g/mol. The lowest BCUT2D eigenvalue weighted by atomic mass is 10.1. The van der Waals surface area contributed by atoms with Gasteiger partial charge in [-0.3, -0.25) is 0 Å². The molecule has 0 bridgehead atoms. The lowest BCUT2D eigenvalue weighted by Gasteiger charge is -2.06. The Kier molecular flexibility index (Phi) is 4.36.